The van der Waals surface area contributed by atoms with Gasteiger partial charge < -0.3 is 4.74 Å². The molecule has 8 nitrogen and oxygen atoms in total. The summed E-state index contributed by atoms with van der Waals surface area (Å²) in [7, 11) is -1.89. The van der Waals surface area contributed by atoms with Gasteiger partial charge in [0.2, 0.25) is 15.9 Å². The van der Waals surface area contributed by atoms with Crippen molar-refractivity contribution in [3.63, 3.8) is 0 Å². The van der Waals surface area contributed by atoms with E-state index in [4.69, 9.17) is 4.74 Å². The average Bonchev–Trinajstić information content (AvgIpc) is 2.83. The molecule has 0 aliphatic carbocycles. The number of pyridine rings is 4. The highest BCUT2D eigenvalue weighted by molar-refractivity contribution is 7.92. The number of nitrogens with zero attached hydrogens (tertiary/aromatic N) is 4. The van der Waals surface area contributed by atoms with E-state index < -0.39 is 15.4 Å². The first-order valence-corrected chi connectivity index (χ1v) is 12.0. The second-order valence-electron chi connectivity index (χ2n) is 7.54. The van der Waals surface area contributed by atoms with Crippen molar-refractivity contribution >= 4 is 15.8 Å². The number of rotatable bonds is 8. The molecule has 1 N–H and O–H groups in total. The molecule has 0 radical (unpaired) electrons. The van der Waals surface area contributed by atoms with Gasteiger partial charge in [0.05, 0.1) is 18.8 Å². The highest BCUT2D eigenvalue weighted by Crippen LogP contribution is 2.41. The van der Waals surface area contributed by atoms with Gasteiger partial charge in [0.25, 0.3) is 0 Å². The van der Waals surface area contributed by atoms with Crippen LogP contribution < -0.4 is 9.46 Å². The molecule has 0 saturated carbocycles. The van der Waals surface area contributed by atoms with E-state index in [1.54, 1.807) is 37.8 Å². The molecule has 0 aliphatic rings. The van der Waals surface area contributed by atoms with Gasteiger partial charge in [0.15, 0.2) is 0 Å². The molecule has 0 aliphatic heterocycles. The van der Waals surface area contributed by atoms with Crippen LogP contribution in [0.4, 0.5) is 5.82 Å². The number of anilines is 1. The van der Waals surface area contributed by atoms with E-state index in [-0.39, 0.29) is 5.82 Å². The Morgan fingerprint density at radius 2 is 1.55 bits per heavy atom. The van der Waals surface area contributed by atoms with Gasteiger partial charge in [-0.1, -0.05) is 24.3 Å². The van der Waals surface area contributed by atoms with Crippen molar-refractivity contribution in [1.29, 1.82) is 0 Å². The molecule has 0 saturated heterocycles. The van der Waals surface area contributed by atoms with Crippen molar-refractivity contribution in [3.05, 3.63) is 108 Å². The van der Waals surface area contributed by atoms with Crippen LogP contribution in [0, 0.1) is 0 Å². The molecule has 4 aromatic rings. The molecule has 0 unspecified atom stereocenters. The van der Waals surface area contributed by atoms with Crippen molar-refractivity contribution < 1.29 is 13.2 Å². The van der Waals surface area contributed by atoms with Gasteiger partial charge in [-0.2, -0.15) is 0 Å². The molecular formula is C24H23N5O3S. The zero-order valence-corrected chi connectivity index (χ0v) is 19.0. The predicted molar refractivity (Wildman–Crippen MR) is 126 cm³/mol. The molecule has 0 fully saturated rings. The first-order chi connectivity index (χ1) is 15.9. The minimum absolute atomic E-state index is 0.258. The van der Waals surface area contributed by atoms with E-state index in [2.05, 4.69) is 24.7 Å². The average molecular weight is 462 g/mol. The van der Waals surface area contributed by atoms with Crippen LogP contribution in [0.3, 0.4) is 0 Å². The number of aromatic nitrogens is 4. The lowest BCUT2D eigenvalue weighted by Gasteiger charge is -2.35. The Labute approximate surface area is 192 Å². The molecule has 4 heterocycles. The Morgan fingerprint density at radius 3 is 2.06 bits per heavy atom. The molecule has 9 heteroatoms. The van der Waals surface area contributed by atoms with Crippen molar-refractivity contribution in [2.24, 2.45) is 0 Å². The van der Waals surface area contributed by atoms with Gasteiger partial charge in [0, 0.05) is 49.2 Å². The third-order valence-corrected chi connectivity index (χ3v) is 5.87. The SMILES string of the molecule is COc1ccc(C(Cc2cccc(NS(C)(=O)=O)n2)(c2cccnc2)c2cccnc2)cn1. The maximum Gasteiger partial charge on any atom is 0.230 e. The number of methoxy groups -OCH3 is 1. The minimum Gasteiger partial charge on any atom is -0.481 e. The Hall–Kier alpha value is -3.85. The minimum atomic E-state index is -3.46. The topological polar surface area (TPSA) is 107 Å². The highest BCUT2D eigenvalue weighted by atomic mass is 32.2. The van der Waals surface area contributed by atoms with Gasteiger partial charge >= 0.3 is 0 Å². The van der Waals surface area contributed by atoms with Crippen molar-refractivity contribution in [2.75, 3.05) is 18.1 Å². The van der Waals surface area contributed by atoms with Crippen LogP contribution >= 0.6 is 0 Å². The largest absolute Gasteiger partial charge is 0.481 e. The summed E-state index contributed by atoms with van der Waals surface area (Å²) in [5.74, 6) is 0.761. The van der Waals surface area contributed by atoms with Crippen molar-refractivity contribution in [3.8, 4) is 5.88 Å². The van der Waals surface area contributed by atoms with Gasteiger partial charge in [-0.05, 0) is 41.0 Å². The fourth-order valence-electron chi connectivity index (χ4n) is 3.89. The standard InChI is InChI=1S/C24H23N5O3S/c1-32-23-11-10-20(17-27-23)24(18-6-4-12-25-15-18,19-7-5-13-26-16-19)14-21-8-3-9-22(28-21)29-33(2,30)31/h3-13,15-17H,14H2,1-2H3,(H,28,29). The summed E-state index contributed by atoms with van der Waals surface area (Å²) in [6.07, 6.45) is 10.4. The molecular weight excluding hydrogens is 438 g/mol. The molecule has 0 bridgehead atoms. The second-order valence-corrected chi connectivity index (χ2v) is 9.29. The Bertz CT molecular complexity index is 1280. The third-order valence-electron chi connectivity index (χ3n) is 5.29. The maximum atomic E-state index is 11.7. The summed E-state index contributed by atoms with van der Waals surface area (Å²) in [5, 5.41) is 0. The van der Waals surface area contributed by atoms with Crippen molar-refractivity contribution in [1.82, 2.24) is 19.9 Å². The summed E-state index contributed by atoms with van der Waals surface area (Å²) < 4.78 is 31.2. The van der Waals surface area contributed by atoms with E-state index in [0.717, 1.165) is 22.9 Å². The predicted octanol–water partition coefficient (Wildman–Crippen LogP) is 3.22. The third kappa shape index (κ3) is 4.98. The second kappa shape index (κ2) is 9.33. The summed E-state index contributed by atoms with van der Waals surface area (Å²) in [4.78, 5) is 17.8. The zero-order chi connectivity index (χ0) is 23.3. The van der Waals surface area contributed by atoms with Gasteiger partial charge in [-0.3, -0.25) is 14.7 Å². The van der Waals surface area contributed by atoms with Crippen LogP contribution in [0.1, 0.15) is 22.4 Å². The number of nitrogens with one attached hydrogen (secondary N) is 1. The quantitative estimate of drug-likeness (QED) is 0.429. The fourth-order valence-corrected chi connectivity index (χ4v) is 4.38. The van der Waals surface area contributed by atoms with Crippen LogP contribution in [0.2, 0.25) is 0 Å². The smallest absolute Gasteiger partial charge is 0.230 e. The van der Waals surface area contributed by atoms with Crippen LogP contribution in [0.15, 0.2) is 85.6 Å². The summed E-state index contributed by atoms with van der Waals surface area (Å²) in [6, 6.07) is 16.8. The first kappa shape index (κ1) is 22.3. The normalized spacial score (nSPS) is 11.7. The number of hydrogen-bond acceptors (Lipinski definition) is 7. The van der Waals surface area contributed by atoms with Gasteiger partial charge in [0.1, 0.15) is 5.82 Å². The molecule has 33 heavy (non-hydrogen) atoms. The van der Waals surface area contributed by atoms with E-state index in [1.165, 1.54) is 0 Å². The Kier molecular flexibility index (Phi) is 6.32. The molecule has 4 aromatic heterocycles. The lowest BCUT2D eigenvalue weighted by Crippen LogP contribution is -2.33. The molecule has 0 amide bonds. The Balaban J connectivity index is 1.93. The van der Waals surface area contributed by atoms with Gasteiger partial charge in [-0.25, -0.2) is 18.4 Å². The van der Waals surface area contributed by atoms with E-state index in [0.29, 0.717) is 18.0 Å². The van der Waals surface area contributed by atoms with Gasteiger partial charge in [-0.15, -0.1) is 0 Å². The fraction of sp³-hybridized carbons (Fsp3) is 0.167. The zero-order valence-electron chi connectivity index (χ0n) is 18.2. The number of ether oxygens (including phenoxy) is 1. The number of hydrogen-bond donors (Lipinski definition) is 1. The summed E-state index contributed by atoms with van der Waals surface area (Å²) >= 11 is 0. The van der Waals surface area contributed by atoms with Crippen LogP contribution in [0.5, 0.6) is 5.88 Å². The van der Waals surface area contributed by atoms with Crippen LogP contribution in [-0.2, 0) is 21.9 Å². The van der Waals surface area contributed by atoms with E-state index >= 15 is 0 Å². The van der Waals surface area contributed by atoms with Crippen LogP contribution in [-0.4, -0.2) is 41.7 Å². The lowest BCUT2D eigenvalue weighted by molar-refractivity contribution is 0.397. The number of sulfonamides is 1. The van der Waals surface area contributed by atoms with E-state index in [9.17, 15) is 8.42 Å². The summed E-state index contributed by atoms with van der Waals surface area (Å²) in [6.45, 7) is 0. The molecule has 168 valence electrons. The Morgan fingerprint density at radius 1 is 0.879 bits per heavy atom. The summed E-state index contributed by atoms with van der Waals surface area (Å²) in [5.41, 5.74) is 2.69. The molecule has 0 spiro atoms. The lowest BCUT2D eigenvalue weighted by atomic mass is 9.68. The molecule has 0 atom stereocenters. The van der Waals surface area contributed by atoms with Crippen molar-refractivity contribution in [2.45, 2.75) is 11.8 Å². The van der Waals surface area contributed by atoms with Crippen LogP contribution in [0.25, 0.3) is 0 Å². The highest BCUT2D eigenvalue weighted by Gasteiger charge is 2.38. The molecule has 4 rings (SSSR count). The first-order valence-electron chi connectivity index (χ1n) is 10.2. The molecule has 0 aromatic carbocycles. The monoisotopic (exact) mass is 461 g/mol. The maximum absolute atomic E-state index is 11.7. The van der Waals surface area contributed by atoms with E-state index in [1.807, 2.05) is 54.9 Å².